The lowest BCUT2D eigenvalue weighted by molar-refractivity contribution is 0.179. The maximum absolute atomic E-state index is 5.48. The maximum atomic E-state index is 5.48. The summed E-state index contributed by atoms with van der Waals surface area (Å²) in [5.41, 5.74) is 2.62. The Morgan fingerprint density at radius 1 is 1.47 bits per heavy atom. The van der Waals surface area contributed by atoms with Crippen LogP contribution in [0.1, 0.15) is 27.2 Å². The van der Waals surface area contributed by atoms with Gasteiger partial charge in [0.15, 0.2) is 0 Å². The van der Waals surface area contributed by atoms with Crippen LogP contribution in [0.5, 0.6) is 0 Å². The van der Waals surface area contributed by atoms with Gasteiger partial charge < -0.3 is 15.0 Å². The summed E-state index contributed by atoms with van der Waals surface area (Å²) in [6.07, 6.45) is 1.22. The molecule has 0 amide bonds. The van der Waals surface area contributed by atoms with E-state index in [-0.39, 0.29) is 6.04 Å². The first kappa shape index (κ1) is 16.2. The molecule has 1 aliphatic heterocycles. The van der Waals surface area contributed by atoms with Crippen LogP contribution in [0, 0.1) is 5.92 Å². The number of nitrogens with zero attached hydrogens (tertiary/aromatic N) is 2. The second kappa shape index (κ2) is 8.35. The Bertz CT molecular complexity index is 282. The topological polar surface area (TPSA) is 74.9 Å². The van der Waals surface area contributed by atoms with E-state index in [0.717, 1.165) is 13.1 Å². The van der Waals surface area contributed by atoms with Crippen LogP contribution in [0.4, 0.5) is 0 Å². The fraction of sp³-hybridized carbons (Fsp3) is 0.923. The molecule has 0 spiro atoms. The molecule has 0 radical (unpaired) electrons. The van der Waals surface area contributed by atoms with E-state index < -0.39 is 0 Å². The minimum Gasteiger partial charge on any atom is -0.383 e. The van der Waals surface area contributed by atoms with Gasteiger partial charge >= 0.3 is 0 Å². The summed E-state index contributed by atoms with van der Waals surface area (Å²) in [5.74, 6) is 6.76. The monoisotopic (exact) mass is 271 g/mol. The first-order valence-corrected chi connectivity index (χ1v) is 7.07. The lowest BCUT2D eigenvalue weighted by Gasteiger charge is -2.20. The molecule has 2 atom stereocenters. The second-order valence-electron chi connectivity index (χ2n) is 5.58. The molecule has 1 fully saturated rings. The van der Waals surface area contributed by atoms with Crippen molar-refractivity contribution in [3.05, 3.63) is 0 Å². The predicted octanol–water partition coefficient (Wildman–Crippen LogP) is 0.161. The third-order valence-corrected chi connectivity index (χ3v) is 3.49. The van der Waals surface area contributed by atoms with E-state index in [1.807, 2.05) is 6.92 Å². The molecule has 0 aromatic heterocycles. The first-order chi connectivity index (χ1) is 9.06. The quantitative estimate of drug-likeness (QED) is 0.278. The molecule has 1 aliphatic rings. The lowest BCUT2D eigenvalue weighted by Crippen LogP contribution is -2.47. The van der Waals surface area contributed by atoms with Crippen molar-refractivity contribution in [2.75, 3.05) is 33.4 Å². The highest BCUT2D eigenvalue weighted by molar-refractivity contribution is 5.79. The van der Waals surface area contributed by atoms with Gasteiger partial charge in [-0.3, -0.25) is 10.4 Å². The van der Waals surface area contributed by atoms with E-state index >= 15 is 0 Å². The number of likely N-dealkylation sites (tertiary alicyclic amines) is 1. The van der Waals surface area contributed by atoms with Crippen molar-refractivity contribution >= 4 is 5.96 Å². The minimum absolute atomic E-state index is 0.190. The Kier molecular flexibility index (Phi) is 7.12. The molecular weight excluding hydrogens is 242 g/mol. The Hall–Kier alpha value is -0.850. The van der Waals surface area contributed by atoms with Crippen LogP contribution >= 0.6 is 0 Å². The van der Waals surface area contributed by atoms with E-state index in [1.54, 1.807) is 7.11 Å². The second-order valence-corrected chi connectivity index (χ2v) is 5.58. The summed E-state index contributed by atoms with van der Waals surface area (Å²) in [6.45, 7) is 10.3. The molecule has 0 aromatic carbocycles. The molecule has 2 unspecified atom stereocenters. The van der Waals surface area contributed by atoms with Gasteiger partial charge in [-0.15, -0.1) is 0 Å². The van der Waals surface area contributed by atoms with Crippen LogP contribution in [-0.2, 0) is 4.74 Å². The highest BCUT2D eigenvalue weighted by atomic mass is 16.5. The van der Waals surface area contributed by atoms with Crippen molar-refractivity contribution in [1.29, 1.82) is 0 Å². The molecule has 1 saturated heterocycles. The summed E-state index contributed by atoms with van der Waals surface area (Å²) in [7, 11) is 1.68. The van der Waals surface area contributed by atoms with Crippen molar-refractivity contribution in [3.63, 3.8) is 0 Å². The van der Waals surface area contributed by atoms with Gasteiger partial charge in [0, 0.05) is 32.3 Å². The highest BCUT2D eigenvalue weighted by Crippen LogP contribution is 2.18. The summed E-state index contributed by atoms with van der Waals surface area (Å²) in [5, 5.41) is 3.20. The number of rotatable bonds is 6. The molecule has 1 rings (SSSR count). The van der Waals surface area contributed by atoms with Gasteiger partial charge in [0.05, 0.1) is 6.61 Å². The largest absolute Gasteiger partial charge is 0.383 e. The average molecular weight is 271 g/mol. The number of nitrogens with one attached hydrogen (secondary N) is 2. The smallest absolute Gasteiger partial charge is 0.206 e. The predicted molar refractivity (Wildman–Crippen MR) is 78.9 cm³/mol. The van der Waals surface area contributed by atoms with Gasteiger partial charge in [-0.25, -0.2) is 5.84 Å². The third-order valence-electron chi connectivity index (χ3n) is 3.49. The molecular formula is C13H29N5O. The van der Waals surface area contributed by atoms with E-state index in [0.29, 0.717) is 24.5 Å². The Balaban J connectivity index is 2.36. The van der Waals surface area contributed by atoms with E-state index in [9.17, 15) is 0 Å². The van der Waals surface area contributed by atoms with Crippen molar-refractivity contribution in [1.82, 2.24) is 15.6 Å². The number of methoxy groups -OCH3 is 1. The van der Waals surface area contributed by atoms with Gasteiger partial charge in [0.25, 0.3) is 0 Å². The van der Waals surface area contributed by atoms with Crippen molar-refractivity contribution in [2.45, 2.75) is 39.3 Å². The lowest BCUT2D eigenvalue weighted by atomic mass is 10.1. The van der Waals surface area contributed by atoms with Gasteiger partial charge in [-0.1, -0.05) is 0 Å². The van der Waals surface area contributed by atoms with Gasteiger partial charge in [-0.2, -0.15) is 0 Å². The molecule has 0 aromatic rings. The Morgan fingerprint density at radius 3 is 2.74 bits per heavy atom. The molecule has 0 bridgehead atoms. The number of nitrogens with two attached hydrogens (primary N) is 1. The van der Waals surface area contributed by atoms with Crippen LogP contribution < -0.4 is 16.6 Å². The third kappa shape index (κ3) is 5.76. The number of guanidine groups is 1. The fourth-order valence-electron chi connectivity index (χ4n) is 2.36. The normalized spacial score (nSPS) is 22.8. The molecule has 6 heteroatoms. The maximum Gasteiger partial charge on any atom is 0.206 e. The van der Waals surface area contributed by atoms with Crippen molar-refractivity contribution < 1.29 is 4.74 Å². The van der Waals surface area contributed by atoms with Crippen LogP contribution in [0.2, 0.25) is 0 Å². The van der Waals surface area contributed by atoms with Crippen LogP contribution in [-0.4, -0.2) is 56.3 Å². The SMILES string of the molecule is COCC(C)NC(=NCC1CCN(C(C)C)C1)NN. The molecule has 4 N–H and O–H groups in total. The molecule has 0 aliphatic carbocycles. The van der Waals surface area contributed by atoms with Gasteiger partial charge in [0.2, 0.25) is 5.96 Å². The fourth-order valence-corrected chi connectivity index (χ4v) is 2.36. The molecule has 19 heavy (non-hydrogen) atoms. The molecule has 112 valence electrons. The van der Waals surface area contributed by atoms with Crippen molar-refractivity contribution in [3.8, 4) is 0 Å². The number of hydrogen-bond acceptors (Lipinski definition) is 4. The molecule has 0 saturated carbocycles. The summed E-state index contributed by atoms with van der Waals surface area (Å²) < 4.78 is 5.07. The number of hydrazine groups is 1. The van der Waals surface area contributed by atoms with Crippen molar-refractivity contribution in [2.24, 2.45) is 16.8 Å². The Labute approximate surface area is 116 Å². The number of hydrogen-bond donors (Lipinski definition) is 3. The van der Waals surface area contributed by atoms with E-state index in [2.05, 4.69) is 34.5 Å². The van der Waals surface area contributed by atoms with Gasteiger partial charge in [-0.05, 0) is 39.7 Å². The first-order valence-electron chi connectivity index (χ1n) is 7.07. The zero-order chi connectivity index (χ0) is 14.3. The molecule has 6 nitrogen and oxygen atoms in total. The zero-order valence-corrected chi connectivity index (χ0v) is 12.6. The zero-order valence-electron chi connectivity index (χ0n) is 12.6. The van der Waals surface area contributed by atoms with E-state index in [1.165, 1.54) is 13.0 Å². The number of ether oxygens (including phenoxy) is 1. The van der Waals surface area contributed by atoms with Crippen LogP contribution in [0.3, 0.4) is 0 Å². The Morgan fingerprint density at radius 2 is 2.21 bits per heavy atom. The highest BCUT2D eigenvalue weighted by Gasteiger charge is 2.23. The van der Waals surface area contributed by atoms with E-state index in [4.69, 9.17) is 10.6 Å². The minimum atomic E-state index is 0.190. The average Bonchev–Trinajstić information content (AvgIpc) is 2.83. The standard InChI is InChI=1S/C13H29N5O/c1-10(2)18-6-5-12(8-18)7-15-13(17-14)16-11(3)9-19-4/h10-12H,5-9,14H2,1-4H3,(H2,15,16,17). The van der Waals surface area contributed by atoms with Crippen LogP contribution in [0.15, 0.2) is 4.99 Å². The summed E-state index contributed by atoms with van der Waals surface area (Å²) in [4.78, 5) is 7.02. The van der Waals surface area contributed by atoms with Crippen LogP contribution in [0.25, 0.3) is 0 Å². The van der Waals surface area contributed by atoms with Gasteiger partial charge in [0.1, 0.15) is 0 Å². The summed E-state index contributed by atoms with van der Waals surface area (Å²) in [6, 6.07) is 0.816. The number of aliphatic imine (C=N–C) groups is 1. The summed E-state index contributed by atoms with van der Waals surface area (Å²) >= 11 is 0. The molecule has 1 heterocycles.